The summed E-state index contributed by atoms with van der Waals surface area (Å²) in [6.07, 6.45) is 0.822. The molecule has 2 heterocycles. The molecule has 2 aliphatic heterocycles. The summed E-state index contributed by atoms with van der Waals surface area (Å²) in [6, 6.07) is 12.7. The molecule has 31 heavy (non-hydrogen) atoms. The average molecular weight is 419 g/mol. The van der Waals surface area contributed by atoms with E-state index in [1.165, 1.54) is 4.90 Å². The van der Waals surface area contributed by atoms with Crippen molar-refractivity contribution in [2.45, 2.75) is 38.8 Å². The summed E-state index contributed by atoms with van der Waals surface area (Å²) in [5.41, 5.74) is 1.61. The third kappa shape index (κ3) is 3.94. The molecule has 8 nitrogen and oxygen atoms in total. The zero-order valence-electron chi connectivity index (χ0n) is 17.0. The Labute approximate surface area is 179 Å². The summed E-state index contributed by atoms with van der Waals surface area (Å²) in [5, 5.41) is 8.96. The molecule has 3 amide bonds. The van der Waals surface area contributed by atoms with Crippen molar-refractivity contribution in [3.05, 3.63) is 53.6 Å². The average Bonchev–Trinajstić information content (AvgIpc) is 3.35. The number of carbonyl (C=O) groups is 3. The van der Waals surface area contributed by atoms with E-state index in [1.54, 1.807) is 36.4 Å². The molecular weight excluding hydrogens is 398 g/mol. The van der Waals surface area contributed by atoms with Crippen LogP contribution in [0.4, 0.5) is 5.69 Å². The van der Waals surface area contributed by atoms with Gasteiger partial charge in [-0.2, -0.15) is 5.26 Å². The first-order chi connectivity index (χ1) is 15.0. The highest BCUT2D eigenvalue weighted by Gasteiger charge is 2.44. The normalized spacial score (nSPS) is 17.0. The van der Waals surface area contributed by atoms with E-state index in [0.717, 1.165) is 10.5 Å². The van der Waals surface area contributed by atoms with E-state index in [0.29, 0.717) is 29.2 Å². The molecule has 0 radical (unpaired) electrons. The number of rotatable bonds is 6. The fraction of sp³-hybridized carbons (Fsp3) is 0.304. The number of hydrogen-bond acceptors (Lipinski definition) is 6. The Morgan fingerprint density at radius 2 is 1.90 bits per heavy atom. The molecule has 1 unspecified atom stereocenters. The number of imide groups is 1. The minimum atomic E-state index is -0.882. The molecule has 0 saturated carbocycles. The second kappa shape index (κ2) is 8.48. The molecule has 2 aromatic rings. The van der Waals surface area contributed by atoms with Crippen molar-refractivity contribution in [1.82, 2.24) is 4.90 Å². The third-order valence-electron chi connectivity index (χ3n) is 5.33. The van der Waals surface area contributed by atoms with E-state index < -0.39 is 11.9 Å². The molecule has 4 rings (SSSR count). The molecule has 0 bridgehead atoms. The van der Waals surface area contributed by atoms with Crippen LogP contribution >= 0.6 is 0 Å². The maximum absolute atomic E-state index is 13.2. The van der Waals surface area contributed by atoms with E-state index in [2.05, 4.69) is 0 Å². The van der Waals surface area contributed by atoms with Gasteiger partial charge in [-0.3, -0.25) is 14.4 Å². The second-order valence-corrected chi connectivity index (χ2v) is 7.41. The van der Waals surface area contributed by atoms with Gasteiger partial charge in [0.25, 0.3) is 5.91 Å². The molecule has 2 aliphatic rings. The molecule has 8 heteroatoms. The Morgan fingerprint density at radius 1 is 1.16 bits per heavy atom. The third-order valence-corrected chi connectivity index (χ3v) is 5.33. The van der Waals surface area contributed by atoms with Crippen molar-refractivity contribution >= 4 is 23.4 Å². The van der Waals surface area contributed by atoms with Gasteiger partial charge in [-0.25, -0.2) is 4.90 Å². The van der Waals surface area contributed by atoms with Crippen LogP contribution in [0.25, 0.3) is 0 Å². The van der Waals surface area contributed by atoms with Gasteiger partial charge in [-0.05, 0) is 48.4 Å². The van der Waals surface area contributed by atoms with E-state index in [9.17, 15) is 14.4 Å². The van der Waals surface area contributed by atoms with Gasteiger partial charge in [-0.15, -0.1) is 0 Å². The molecule has 0 aliphatic carbocycles. The predicted octanol–water partition coefficient (Wildman–Crippen LogP) is 2.75. The number of nitrogens with zero attached hydrogens (tertiary/aromatic N) is 3. The Morgan fingerprint density at radius 3 is 2.61 bits per heavy atom. The van der Waals surface area contributed by atoms with Crippen LogP contribution in [0.1, 0.15) is 37.3 Å². The van der Waals surface area contributed by atoms with Crippen LogP contribution in [0.3, 0.4) is 0 Å². The minimum absolute atomic E-state index is 0.0845. The summed E-state index contributed by atoms with van der Waals surface area (Å²) in [6.45, 7) is 2.22. The van der Waals surface area contributed by atoms with Crippen molar-refractivity contribution in [3.63, 3.8) is 0 Å². The summed E-state index contributed by atoms with van der Waals surface area (Å²) < 4.78 is 10.7. The molecular formula is C23H21N3O5. The number of fused-ring (bicyclic) bond motifs is 1. The lowest BCUT2D eigenvalue weighted by molar-refractivity contribution is -0.139. The number of ether oxygens (including phenoxy) is 2. The summed E-state index contributed by atoms with van der Waals surface area (Å²) in [5.74, 6) is 0.218. The molecule has 1 fully saturated rings. The highest BCUT2D eigenvalue weighted by atomic mass is 16.7. The maximum Gasteiger partial charge on any atom is 0.257 e. The summed E-state index contributed by atoms with van der Waals surface area (Å²) in [7, 11) is 0. The second-order valence-electron chi connectivity index (χ2n) is 7.41. The lowest BCUT2D eigenvalue weighted by atomic mass is 10.1. The Hall–Kier alpha value is -3.86. The van der Waals surface area contributed by atoms with E-state index in [4.69, 9.17) is 14.7 Å². The van der Waals surface area contributed by atoms with Crippen LogP contribution in [0.15, 0.2) is 42.5 Å². The molecule has 2 aromatic carbocycles. The molecule has 1 saturated heterocycles. The predicted molar refractivity (Wildman–Crippen MR) is 110 cm³/mol. The van der Waals surface area contributed by atoms with Gasteiger partial charge >= 0.3 is 0 Å². The number of nitriles is 1. The SMILES string of the molecule is CCCC(=O)N(Cc1ccc2c(c1)OCO2)C1CC(=O)N(c2ccc(C#N)cc2)C1=O. The van der Waals surface area contributed by atoms with Crippen molar-refractivity contribution in [3.8, 4) is 17.6 Å². The zero-order chi connectivity index (χ0) is 22.0. The highest BCUT2D eigenvalue weighted by molar-refractivity contribution is 6.23. The van der Waals surface area contributed by atoms with Gasteiger partial charge in [0, 0.05) is 13.0 Å². The van der Waals surface area contributed by atoms with Gasteiger partial charge in [0.2, 0.25) is 18.6 Å². The summed E-state index contributed by atoms with van der Waals surface area (Å²) in [4.78, 5) is 41.4. The smallest absolute Gasteiger partial charge is 0.257 e. The van der Waals surface area contributed by atoms with Crippen molar-refractivity contribution < 1.29 is 23.9 Å². The van der Waals surface area contributed by atoms with Crippen LogP contribution in [0.2, 0.25) is 0 Å². The number of amides is 3. The summed E-state index contributed by atoms with van der Waals surface area (Å²) >= 11 is 0. The van der Waals surface area contributed by atoms with Gasteiger partial charge in [0.15, 0.2) is 11.5 Å². The van der Waals surface area contributed by atoms with Crippen molar-refractivity contribution in [2.75, 3.05) is 11.7 Å². The largest absolute Gasteiger partial charge is 0.454 e. The number of carbonyl (C=O) groups excluding carboxylic acids is 3. The van der Waals surface area contributed by atoms with E-state index >= 15 is 0 Å². The van der Waals surface area contributed by atoms with Crippen molar-refractivity contribution in [1.29, 1.82) is 5.26 Å². The topological polar surface area (TPSA) is 99.9 Å². The van der Waals surface area contributed by atoms with Crippen LogP contribution in [-0.4, -0.2) is 35.5 Å². The standard InChI is InChI=1S/C23H21N3O5/c1-2-3-21(27)25(13-16-6-9-19-20(10-16)31-14-30-19)18-11-22(28)26(23(18)29)17-7-4-15(12-24)5-8-17/h4-10,18H,2-3,11,13-14H2,1H3. The Kier molecular flexibility index (Phi) is 5.58. The number of anilines is 1. The highest BCUT2D eigenvalue weighted by Crippen LogP contribution is 2.34. The Balaban J connectivity index is 1.60. The molecule has 158 valence electrons. The first-order valence-electron chi connectivity index (χ1n) is 10.1. The fourth-order valence-electron chi connectivity index (χ4n) is 3.78. The Bertz CT molecular complexity index is 1070. The first kappa shape index (κ1) is 20.4. The quantitative estimate of drug-likeness (QED) is 0.668. The molecule has 0 spiro atoms. The lowest BCUT2D eigenvalue weighted by Gasteiger charge is -2.28. The van der Waals surface area contributed by atoms with Gasteiger partial charge in [0.1, 0.15) is 6.04 Å². The van der Waals surface area contributed by atoms with Crippen LogP contribution in [0, 0.1) is 11.3 Å². The van der Waals surface area contributed by atoms with Crippen LogP contribution < -0.4 is 14.4 Å². The minimum Gasteiger partial charge on any atom is -0.454 e. The zero-order valence-corrected chi connectivity index (χ0v) is 17.0. The van der Waals surface area contributed by atoms with Gasteiger partial charge in [0.05, 0.1) is 23.7 Å². The van der Waals surface area contributed by atoms with Crippen LogP contribution in [0.5, 0.6) is 11.5 Å². The van der Waals surface area contributed by atoms with Crippen LogP contribution in [-0.2, 0) is 20.9 Å². The van der Waals surface area contributed by atoms with Gasteiger partial charge < -0.3 is 14.4 Å². The first-order valence-corrected chi connectivity index (χ1v) is 10.1. The fourth-order valence-corrected chi connectivity index (χ4v) is 3.78. The molecule has 0 aromatic heterocycles. The number of benzene rings is 2. The number of hydrogen-bond donors (Lipinski definition) is 0. The van der Waals surface area contributed by atoms with Crippen molar-refractivity contribution in [2.24, 2.45) is 0 Å². The maximum atomic E-state index is 13.2. The molecule has 1 atom stereocenters. The van der Waals surface area contributed by atoms with E-state index in [1.807, 2.05) is 19.1 Å². The monoisotopic (exact) mass is 419 g/mol. The van der Waals surface area contributed by atoms with Gasteiger partial charge in [-0.1, -0.05) is 13.0 Å². The van der Waals surface area contributed by atoms with E-state index in [-0.39, 0.29) is 38.0 Å². The molecule has 0 N–H and O–H groups in total. The lowest BCUT2D eigenvalue weighted by Crippen LogP contribution is -2.45.